The lowest BCUT2D eigenvalue weighted by Gasteiger charge is -2.14. The number of hydrogen-bond acceptors (Lipinski definition) is 1. The predicted octanol–water partition coefficient (Wildman–Crippen LogP) is 2.67. The van der Waals surface area contributed by atoms with E-state index in [1.54, 1.807) is 0 Å². The first kappa shape index (κ1) is 10.4. The van der Waals surface area contributed by atoms with Crippen molar-refractivity contribution in [1.29, 1.82) is 0 Å². The van der Waals surface area contributed by atoms with Crippen LogP contribution in [0.1, 0.15) is 34.1 Å². The van der Waals surface area contributed by atoms with Gasteiger partial charge in [0.05, 0.1) is 5.60 Å². The van der Waals surface area contributed by atoms with Crippen LogP contribution in [-0.4, -0.2) is 10.7 Å². The molecule has 0 radical (unpaired) electrons. The van der Waals surface area contributed by atoms with E-state index in [0.717, 1.165) is 6.42 Å². The molecule has 0 saturated heterocycles. The molecule has 0 saturated carbocycles. The molecule has 0 spiro atoms. The number of rotatable bonds is 3. The standard InChI is InChI=1S/C10H18O/c1-5-10(4,11)8-6-7-9(2)3/h6-8,11H,5H2,1-4H3/b8-6+/t10-/m0/s1. The van der Waals surface area contributed by atoms with E-state index in [0.29, 0.717) is 0 Å². The minimum Gasteiger partial charge on any atom is -0.386 e. The van der Waals surface area contributed by atoms with Gasteiger partial charge >= 0.3 is 0 Å². The van der Waals surface area contributed by atoms with E-state index in [1.165, 1.54) is 5.57 Å². The summed E-state index contributed by atoms with van der Waals surface area (Å²) < 4.78 is 0. The second-order valence-electron chi connectivity index (χ2n) is 3.31. The average molecular weight is 154 g/mol. The number of allylic oxidation sites excluding steroid dienone is 3. The molecule has 0 aromatic heterocycles. The highest BCUT2D eigenvalue weighted by molar-refractivity contribution is 5.12. The molecule has 0 heterocycles. The van der Waals surface area contributed by atoms with Gasteiger partial charge in [-0.3, -0.25) is 0 Å². The second kappa shape index (κ2) is 4.35. The van der Waals surface area contributed by atoms with Gasteiger partial charge < -0.3 is 5.11 Å². The summed E-state index contributed by atoms with van der Waals surface area (Å²) in [7, 11) is 0. The highest BCUT2D eigenvalue weighted by atomic mass is 16.3. The summed E-state index contributed by atoms with van der Waals surface area (Å²) in [5, 5.41) is 9.52. The van der Waals surface area contributed by atoms with Gasteiger partial charge in [-0.25, -0.2) is 0 Å². The Kier molecular flexibility index (Phi) is 4.12. The summed E-state index contributed by atoms with van der Waals surface area (Å²) in [6, 6.07) is 0. The normalized spacial score (nSPS) is 16.5. The van der Waals surface area contributed by atoms with Gasteiger partial charge in [0, 0.05) is 0 Å². The van der Waals surface area contributed by atoms with Gasteiger partial charge in [0.25, 0.3) is 0 Å². The summed E-state index contributed by atoms with van der Waals surface area (Å²) in [5.41, 5.74) is 0.597. The van der Waals surface area contributed by atoms with Crippen LogP contribution < -0.4 is 0 Å². The van der Waals surface area contributed by atoms with Gasteiger partial charge in [-0.1, -0.05) is 30.7 Å². The van der Waals surface area contributed by atoms with E-state index in [9.17, 15) is 5.11 Å². The molecule has 0 aliphatic carbocycles. The van der Waals surface area contributed by atoms with Gasteiger partial charge in [0.15, 0.2) is 0 Å². The Balaban J connectivity index is 4.02. The fourth-order valence-corrected chi connectivity index (χ4v) is 0.566. The third-order valence-electron chi connectivity index (χ3n) is 1.60. The summed E-state index contributed by atoms with van der Waals surface area (Å²) >= 11 is 0. The molecular formula is C10H18O. The molecule has 1 atom stereocenters. The van der Waals surface area contributed by atoms with Crippen LogP contribution in [0.5, 0.6) is 0 Å². The van der Waals surface area contributed by atoms with E-state index in [4.69, 9.17) is 0 Å². The van der Waals surface area contributed by atoms with Crippen LogP contribution in [0.2, 0.25) is 0 Å². The molecule has 0 fully saturated rings. The van der Waals surface area contributed by atoms with E-state index in [-0.39, 0.29) is 0 Å². The first-order valence-corrected chi connectivity index (χ1v) is 4.03. The largest absolute Gasteiger partial charge is 0.386 e. The van der Waals surface area contributed by atoms with E-state index >= 15 is 0 Å². The van der Waals surface area contributed by atoms with Crippen LogP contribution in [0.4, 0.5) is 0 Å². The number of hydrogen-bond donors (Lipinski definition) is 1. The maximum Gasteiger partial charge on any atom is 0.0800 e. The lowest BCUT2D eigenvalue weighted by molar-refractivity contribution is 0.108. The Bertz CT molecular complexity index is 160. The zero-order chi connectivity index (χ0) is 8.91. The van der Waals surface area contributed by atoms with Crippen LogP contribution in [0.25, 0.3) is 0 Å². The van der Waals surface area contributed by atoms with Crippen molar-refractivity contribution in [2.75, 3.05) is 0 Å². The Morgan fingerprint density at radius 2 is 2.00 bits per heavy atom. The van der Waals surface area contributed by atoms with Crippen molar-refractivity contribution in [2.45, 2.75) is 39.7 Å². The molecule has 0 rings (SSSR count). The maximum atomic E-state index is 9.52. The Labute approximate surface area is 69.4 Å². The van der Waals surface area contributed by atoms with Crippen LogP contribution in [0.3, 0.4) is 0 Å². The minimum atomic E-state index is -0.647. The molecule has 0 unspecified atom stereocenters. The average Bonchev–Trinajstić information content (AvgIpc) is 1.87. The molecule has 1 nitrogen and oxygen atoms in total. The first-order valence-electron chi connectivity index (χ1n) is 4.03. The van der Waals surface area contributed by atoms with Crippen molar-refractivity contribution in [1.82, 2.24) is 0 Å². The SMILES string of the molecule is CC[C@](C)(O)/C=C/C=C(C)C. The van der Waals surface area contributed by atoms with Crippen molar-refractivity contribution in [3.05, 3.63) is 23.8 Å². The van der Waals surface area contributed by atoms with Crippen LogP contribution in [0, 0.1) is 0 Å². The molecule has 0 aliphatic heterocycles. The first-order chi connectivity index (χ1) is 4.98. The summed E-state index contributed by atoms with van der Waals surface area (Å²) in [5.74, 6) is 0. The molecule has 0 bridgehead atoms. The maximum absolute atomic E-state index is 9.52. The summed E-state index contributed by atoms with van der Waals surface area (Å²) in [4.78, 5) is 0. The Hall–Kier alpha value is -0.560. The fraction of sp³-hybridized carbons (Fsp3) is 0.600. The molecule has 0 aromatic rings. The third-order valence-corrected chi connectivity index (χ3v) is 1.60. The van der Waals surface area contributed by atoms with Crippen molar-refractivity contribution in [3.63, 3.8) is 0 Å². The third kappa shape index (κ3) is 5.86. The lowest BCUT2D eigenvalue weighted by Crippen LogP contribution is -2.18. The zero-order valence-corrected chi connectivity index (χ0v) is 7.89. The molecule has 1 heteroatoms. The van der Waals surface area contributed by atoms with Gasteiger partial charge in [0.1, 0.15) is 0 Å². The van der Waals surface area contributed by atoms with Crippen LogP contribution in [0.15, 0.2) is 23.8 Å². The second-order valence-corrected chi connectivity index (χ2v) is 3.31. The highest BCUT2D eigenvalue weighted by Gasteiger charge is 2.10. The lowest BCUT2D eigenvalue weighted by atomic mass is 10.0. The van der Waals surface area contributed by atoms with Gasteiger partial charge in [0.2, 0.25) is 0 Å². The molecular weight excluding hydrogens is 136 g/mol. The van der Waals surface area contributed by atoms with Gasteiger partial charge in [-0.05, 0) is 27.2 Å². The molecule has 0 aliphatic rings. The molecule has 1 N–H and O–H groups in total. The molecule has 0 amide bonds. The highest BCUT2D eigenvalue weighted by Crippen LogP contribution is 2.09. The monoisotopic (exact) mass is 154 g/mol. The predicted molar refractivity (Wildman–Crippen MR) is 49.5 cm³/mol. The minimum absolute atomic E-state index is 0.647. The summed E-state index contributed by atoms with van der Waals surface area (Å²) in [6.07, 6.45) is 6.46. The van der Waals surface area contributed by atoms with Gasteiger partial charge in [-0.2, -0.15) is 0 Å². The fourth-order valence-electron chi connectivity index (χ4n) is 0.566. The molecule has 64 valence electrons. The van der Waals surface area contributed by atoms with Gasteiger partial charge in [-0.15, -0.1) is 0 Å². The Morgan fingerprint density at radius 1 is 1.45 bits per heavy atom. The van der Waals surface area contributed by atoms with E-state index in [2.05, 4.69) is 0 Å². The Morgan fingerprint density at radius 3 is 2.36 bits per heavy atom. The zero-order valence-electron chi connectivity index (χ0n) is 7.89. The molecule has 11 heavy (non-hydrogen) atoms. The quantitative estimate of drug-likeness (QED) is 0.620. The van der Waals surface area contributed by atoms with E-state index in [1.807, 2.05) is 45.9 Å². The van der Waals surface area contributed by atoms with Crippen LogP contribution >= 0.6 is 0 Å². The van der Waals surface area contributed by atoms with Crippen LogP contribution in [-0.2, 0) is 0 Å². The van der Waals surface area contributed by atoms with Crippen molar-refractivity contribution >= 4 is 0 Å². The summed E-state index contributed by atoms with van der Waals surface area (Å²) in [6.45, 7) is 7.84. The van der Waals surface area contributed by atoms with E-state index < -0.39 is 5.60 Å². The van der Waals surface area contributed by atoms with Crippen molar-refractivity contribution < 1.29 is 5.11 Å². The molecule has 0 aromatic carbocycles. The van der Waals surface area contributed by atoms with Crippen molar-refractivity contribution in [3.8, 4) is 0 Å². The smallest absolute Gasteiger partial charge is 0.0800 e. The number of aliphatic hydroxyl groups is 1. The topological polar surface area (TPSA) is 20.2 Å². The van der Waals surface area contributed by atoms with Crippen molar-refractivity contribution in [2.24, 2.45) is 0 Å².